The largest absolute Gasteiger partial charge is 0.368 e. The lowest BCUT2D eigenvalue weighted by Crippen LogP contribution is -2.52. The molecule has 1 aromatic rings. The van der Waals surface area contributed by atoms with Gasteiger partial charge in [-0.2, -0.15) is 0 Å². The summed E-state index contributed by atoms with van der Waals surface area (Å²) in [6.45, 7) is 5.43. The van der Waals surface area contributed by atoms with Crippen molar-refractivity contribution < 1.29 is 4.79 Å². The van der Waals surface area contributed by atoms with E-state index < -0.39 is 0 Å². The van der Waals surface area contributed by atoms with Crippen LogP contribution in [0.25, 0.3) is 0 Å². The second-order valence-corrected chi connectivity index (χ2v) is 8.29. The molecule has 1 amide bonds. The third kappa shape index (κ3) is 3.91. The SMILES string of the molecule is O=C(C1CCCN(C2CC2)C1)N1CCN(c2ccc(Cl)c(Cl)c2)CC1. The Morgan fingerprint density at radius 2 is 1.72 bits per heavy atom. The number of likely N-dealkylation sites (tertiary alicyclic amines) is 1. The molecule has 4 rings (SSSR count). The molecular weight excluding hydrogens is 357 g/mol. The summed E-state index contributed by atoms with van der Waals surface area (Å²) < 4.78 is 0. The summed E-state index contributed by atoms with van der Waals surface area (Å²) in [5.74, 6) is 0.560. The number of piperidine rings is 1. The van der Waals surface area contributed by atoms with Gasteiger partial charge in [0.15, 0.2) is 0 Å². The molecule has 6 heteroatoms. The molecule has 3 fully saturated rings. The van der Waals surface area contributed by atoms with Crippen molar-refractivity contribution in [2.75, 3.05) is 44.2 Å². The highest BCUT2D eigenvalue weighted by Crippen LogP contribution is 2.32. The molecule has 0 N–H and O–H groups in total. The zero-order valence-electron chi connectivity index (χ0n) is 14.5. The normalized spacial score (nSPS) is 25.3. The van der Waals surface area contributed by atoms with Crippen molar-refractivity contribution in [3.8, 4) is 0 Å². The van der Waals surface area contributed by atoms with Crippen LogP contribution < -0.4 is 4.90 Å². The Labute approximate surface area is 159 Å². The van der Waals surface area contributed by atoms with Gasteiger partial charge < -0.3 is 9.80 Å². The molecule has 0 bridgehead atoms. The van der Waals surface area contributed by atoms with E-state index in [1.807, 2.05) is 18.2 Å². The third-order valence-corrected chi connectivity index (χ3v) is 6.46. The van der Waals surface area contributed by atoms with E-state index in [2.05, 4.69) is 14.7 Å². The number of hydrogen-bond acceptors (Lipinski definition) is 3. The quantitative estimate of drug-likeness (QED) is 0.801. The number of carbonyl (C=O) groups excluding carboxylic acids is 1. The minimum atomic E-state index is 0.200. The molecule has 2 heterocycles. The fraction of sp³-hybridized carbons (Fsp3) is 0.632. The monoisotopic (exact) mass is 381 g/mol. The summed E-state index contributed by atoms with van der Waals surface area (Å²) >= 11 is 12.1. The average Bonchev–Trinajstić information content (AvgIpc) is 3.49. The fourth-order valence-electron chi connectivity index (χ4n) is 4.10. The van der Waals surface area contributed by atoms with E-state index in [0.717, 1.165) is 57.3 Å². The highest BCUT2D eigenvalue weighted by Gasteiger charge is 2.36. The number of anilines is 1. The smallest absolute Gasteiger partial charge is 0.227 e. The Balaban J connectivity index is 1.33. The van der Waals surface area contributed by atoms with Crippen molar-refractivity contribution in [3.63, 3.8) is 0 Å². The number of hydrogen-bond donors (Lipinski definition) is 0. The van der Waals surface area contributed by atoms with Gasteiger partial charge in [-0.1, -0.05) is 23.2 Å². The van der Waals surface area contributed by atoms with Gasteiger partial charge in [0.2, 0.25) is 5.91 Å². The van der Waals surface area contributed by atoms with Gasteiger partial charge in [0, 0.05) is 44.5 Å². The van der Waals surface area contributed by atoms with E-state index in [9.17, 15) is 4.79 Å². The molecule has 3 aliphatic rings. The lowest BCUT2D eigenvalue weighted by atomic mass is 9.96. The van der Waals surface area contributed by atoms with Gasteiger partial charge in [-0.3, -0.25) is 9.69 Å². The van der Waals surface area contributed by atoms with Crippen molar-refractivity contribution in [1.82, 2.24) is 9.80 Å². The van der Waals surface area contributed by atoms with E-state index >= 15 is 0 Å². The average molecular weight is 382 g/mol. The predicted octanol–water partition coefficient (Wildman–Crippen LogP) is 3.52. The van der Waals surface area contributed by atoms with Gasteiger partial charge in [0.05, 0.1) is 16.0 Å². The highest BCUT2D eigenvalue weighted by atomic mass is 35.5. The maximum absolute atomic E-state index is 12.9. The first-order chi connectivity index (χ1) is 12.1. The summed E-state index contributed by atoms with van der Waals surface area (Å²) in [6.07, 6.45) is 4.86. The van der Waals surface area contributed by atoms with Crippen molar-refractivity contribution >= 4 is 34.8 Å². The van der Waals surface area contributed by atoms with Crippen LogP contribution in [0, 0.1) is 5.92 Å². The van der Waals surface area contributed by atoms with Crippen molar-refractivity contribution in [2.24, 2.45) is 5.92 Å². The van der Waals surface area contributed by atoms with Gasteiger partial charge >= 0.3 is 0 Å². The molecule has 1 unspecified atom stereocenters. The first-order valence-electron chi connectivity index (χ1n) is 9.34. The molecule has 4 nitrogen and oxygen atoms in total. The summed E-state index contributed by atoms with van der Waals surface area (Å²) in [7, 11) is 0. The summed E-state index contributed by atoms with van der Waals surface area (Å²) in [6, 6.07) is 6.52. The number of piperazine rings is 1. The van der Waals surface area contributed by atoms with Gasteiger partial charge in [0.1, 0.15) is 0 Å². The molecule has 0 spiro atoms. The molecule has 1 saturated carbocycles. The summed E-state index contributed by atoms with van der Waals surface area (Å²) in [5.41, 5.74) is 1.08. The zero-order valence-corrected chi connectivity index (χ0v) is 16.0. The first kappa shape index (κ1) is 17.4. The minimum absolute atomic E-state index is 0.200. The number of amides is 1. The predicted molar refractivity (Wildman–Crippen MR) is 103 cm³/mol. The molecule has 0 aromatic heterocycles. The van der Waals surface area contributed by atoms with Crippen LogP contribution in [0.1, 0.15) is 25.7 Å². The van der Waals surface area contributed by atoms with Gasteiger partial charge in [-0.15, -0.1) is 0 Å². The van der Waals surface area contributed by atoms with Crippen LogP contribution in [-0.2, 0) is 4.79 Å². The number of carbonyl (C=O) groups is 1. The molecule has 136 valence electrons. The second kappa shape index (κ2) is 7.34. The van der Waals surface area contributed by atoms with E-state index in [0.29, 0.717) is 16.0 Å². The molecule has 25 heavy (non-hydrogen) atoms. The zero-order chi connectivity index (χ0) is 17.4. The Morgan fingerprint density at radius 3 is 2.40 bits per heavy atom. The Morgan fingerprint density at radius 1 is 0.960 bits per heavy atom. The van der Waals surface area contributed by atoms with Crippen molar-refractivity contribution in [2.45, 2.75) is 31.7 Å². The lowest BCUT2D eigenvalue weighted by Gasteiger charge is -2.40. The van der Waals surface area contributed by atoms with E-state index in [1.165, 1.54) is 19.4 Å². The Bertz CT molecular complexity index is 642. The molecule has 1 atom stereocenters. The van der Waals surface area contributed by atoms with Crippen LogP contribution in [-0.4, -0.2) is 61.0 Å². The van der Waals surface area contributed by atoms with E-state index in [4.69, 9.17) is 23.2 Å². The molecule has 1 aliphatic carbocycles. The summed E-state index contributed by atoms with van der Waals surface area (Å²) in [4.78, 5) is 19.8. The molecule has 1 aromatic carbocycles. The maximum Gasteiger partial charge on any atom is 0.227 e. The van der Waals surface area contributed by atoms with E-state index in [-0.39, 0.29) is 5.92 Å². The van der Waals surface area contributed by atoms with Crippen LogP contribution in [0.4, 0.5) is 5.69 Å². The fourth-order valence-corrected chi connectivity index (χ4v) is 4.40. The molecular formula is C19H25Cl2N3O. The third-order valence-electron chi connectivity index (χ3n) is 5.72. The second-order valence-electron chi connectivity index (χ2n) is 7.48. The molecule has 2 aliphatic heterocycles. The molecule has 2 saturated heterocycles. The minimum Gasteiger partial charge on any atom is -0.368 e. The number of halogens is 2. The van der Waals surface area contributed by atoms with Crippen molar-refractivity contribution in [1.29, 1.82) is 0 Å². The van der Waals surface area contributed by atoms with Gasteiger partial charge in [-0.05, 0) is 50.4 Å². The standard InChI is InChI=1S/C19H25Cl2N3O/c20-17-6-5-16(12-18(17)21)22-8-10-23(11-9-22)19(25)14-2-1-7-24(13-14)15-3-4-15/h5-6,12,14-15H,1-4,7-11,13H2. The topological polar surface area (TPSA) is 26.8 Å². The van der Waals surface area contributed by atoms with E-state index in [1.54, 1.807) is 0 Å². The Kier molecular flexibility index (Phi) is 5.12. The van der Waals surface area contributed by atoms with Gasteiger partial charge in [0.25, 0.3) is 0 Å². The maximum atomic E-state index is 12.9. The summed E-state index contributed by atoms with van der Waals surface area (Å²) in [5, 5.41) is 1.16. The van der Waals surface area contributed by atoms with Crippen LogP contribution >= 0.6 is 23.2 Å². The van der Waals surface area contributed by atoms with Crippen LogP contribution in [0.15, 0.2) is 18.2 Å². The van der Waals surface area contributed by atoms with Crippen LogP contribution in [0.3, 0.4) is 0 Å². The van der Waals surface area contributed by atoms with Crippen LogP contribution in [0.2, 0.25) is 10.0 Å². The lowest BCUT2D eigenvalue weighted by molar-refractivity contribution is -0.137. The Hall–Kier alpha value is -0.970. The highest BCUT2D eigenvalue weighted by molar-refractivity contribution is 6.42. The van der Waals surface area contributed by atoms with Crippen LogP contribution in [0.5, 0.6) is 0 Å². The van der Waals surface area contributed by atoms with Gasteiger partial charge in [-0.25, -0.2) is 0 Å². The number of nitrogens with zero attached hydrogens (tertiary/aromatic N) is 3. The molecule has 0 radical (unpaired) electrons. The first-order valence-corrected chi connectivity index (χ1v) is 10.1. The number of rotatable bonds is 3. The number of benzene rings is 1. The van der Waals surface area contributed by atoms with Crippen molar-refractivity contribution in [3.05, 3.63) is 28.2 Å².